The Morgan fingerprint density at radius 3 is 1.65 bits per heavy atom. The molecule has 9 aromatic carbocycles. The van der Waals surface area contributed by atoms with Gasteiger partial charge in [-0.15, -0.1) is 0 Å². The number of fused-ring (bicyclic) bond motifs is 6. The minimum atomic E-state index is -0.134. The van der Waals surface area contributed by atoms with E-state index in [1.165, 1.54) is 33.0 Å². The fourth-order valence-electron chi connectivity index (χ4n) is 9.88. The summed E-state index contributed by atoms with van der Waals surface area (Å²) in [7, 11) is 0. The summed E-state index contributed by atoms with van der Waals surface area (Å²) in [6.45, 7) is 4.70. The molecular weight excluding hydrogens is 791 g/mol. The van der Waals surface area contributed by atoms with Crippen molar-refractivity contribution in [3.8, 4) is 62.1 Å². The molecular formula is C60H43N5. The first kappa shape index (κ1) is 38.3. The molecule has 308 valence electrons. The number of hydrogen-bond acceptors (Lipinski definition) is 4. The second-order valence-electron chi connectivity index (χ2n) is 17.3. The Labute approximate surface area is 378 Å². The second kappa shape index (κ2) is 15.4. The van der Waals surface area contributed by atoms with E-state index in [0.717, 1.165) is 61.6 Å². The van der Waals surface area contributed by atoms with Crippen molar-refractivity contribution < 1.29 is 0 Å². The zero-order valence-electron chi connectivity index (χ0n) is 36.1. The SMILES string of the molecule is CC1(C)c2ccccc2-c2ccc(N(c3ccccc3)c3cccc4c3c3ccc(-c5cccc(-c6nc(-c7ccccc7)nc(-c7ccccc7)n6)c5)cc3n4-c3ccccc3)cc21. The van der Waals surface area contributed by atoms with Gasteiger partial charge < -0.3 is 9.47 Å². The van der Waals surface area contributed by atoms with Gasteiger partial charge in [-0.25, -0.2) is 15.0 Å². The molecule has 0 saturated heterocycles. The van der Waals surface area contributed by atoms with Crippen molar-refractivity contribution in [1.82, 2.24) is 19.5 Å². The Morgan fingerprint density at radius 2 is 0.938 bits per heavy atom. The molecule has 0 N–H and O–H groups in total. The predicted molar refractivity (Wildman–Crippen MR) is 268 cm³/mol. The van der Waals surface area contributed by atoms with Crippen LogP contribution in [0.25, 0.3) is 83.9 Å². The number of aromatic nitrogens is 4. The second-order valence-corrected chi connectivity index (χ2v) is 17.3. The summed E-state index contributed by atoms with van der Waals surface area (Å²) in [5, 5.41) is 2.36. The van der Waals surface area contributed by atoms with Gasteiger partial charge in [0.05, 0.1) is 16.7 Å². The fraction of sp³-hybridized carbons (Fsp3) is 0.0500. The summed E-state index contributed by atoms with van der Waals surface area (Å²) in [6, 6.07) is 79.8. The van der Waals surface area contributed by atoms with Crippen molar-refractivity contribution in [2.45, 2.75) is 19.3 Å². The molecule has 0 aliphatic heterocycles. The van der Waals surface area contributed by atoms with E-state index in [1.54, 1.807) is 0 Å². The van der Waals surface area contributed by atoms with Crippen LogP contribution in [0.4, 0.5) is 17.1 Å². The van der Waals surface area contributed by atoms with Gasteiger partial charge in [-0.05, 0) is 94.0 Å². The molecule has 0 saturated carbocycles. The molecule has 2 aromatic heterocycles. The lowest BCUT2D eigenvalue weighted by Gasteiger charge is -2.28. The molecule has 12 rings (SSSR count). The van der Waals surface area contributed by atoms with E-state index < -0.39 is 0 Å². The van der Waals surface area contributed by atoms with E-state index in [0.29, 0.717) is 17.5 Å². The fourth-order valence-corrected chi connectivity index (χ4v) is 9.88. The summed E-state index contributed by atoms with van der Waals surface area (Å²) in [4.78, 5) is 17.5. The smallest absolute Gasteiger partial charge is 0.164 e. The maximum absolute atomic E-state index is 5.05. The molecule has 11 aromatic rings. The Hall–Kier alpha value is -8.41. The Bertz CT molecular complexity index is 3500. The minimum absolute atomic E-state index is 0.134. The molecule has 1 aliphatic rings. The van der Waals surface area contributed by atoms with Gasteiger partial charge in [-0.2, -0.15) is 0 Å². The molecule has 0 atom stereocenters. The molecule has 0 radical (unpaired) electrons. The monoisotopic (exact) mass is 833 g/mol. The predicted octanol–water partition coefficient (Wildman–Crippen LogP) is 15.4. The average molecular weight is 834 g/mol. The summed E-state index contributed by atoms with van der Waals surface area (Å²) in [6.07, 6.45) is 0. The van der Waals surface area contributed by atoms with Crippen molar-refractivity contribution in [2.24, 2.45) is 0 Å². The molecule has 0 spiro atoms. The van der Waals surface area contributed by atoms with Gasteiger partial charge in [0.15, 0.2) is 17.5 Å². The molecule has 65 heavy (non-hydrogen) atoms. The van der Waals surface area contributed by atoms with Gasteiger partial charge in [0.2, 0.25) is 0 Å². The van der Waals surface area contributed by atoms with Crippen LogP contribution in [0.15, 0.2) is 224 Å². The first-order chi connectivity index (χ1) is 32.0. The largest absolute Gasteiger partial charge is 0.310 e. The van der Waals surface area contributed by atoms with E-state index >= 15 is 0 Å². The molecule has 1 aliphatic carbocycles. The number of nitrogens with zero attached hydrogens (tertiary/aromatic N) is 5. The number of anilines is 3. The molecule has 0 unspecified atom stereocenters. The van der Waals surface area contributed by atoms with E-state index in [2.05, 4.69) is 187 Å². The average Bonchev–Trinajstić information content (AvgIpc) is 3.83. The lowest BCUT2D eigenvalue weighted by atomic mass is 9.82. The lowest BCUT2D eigenvalue weighted by Crippen LogP contribution is -2.16. The highest BCUT2D eigenvalue weighted by Crippen LogP contribution is 2.51. The number of hydrogen-bond donors (Lipinski definition) is 0. The maximum atomic E-state index is 5.05. The third-order valence-electron chi connectivity index (χ3n) is 13.0. The Balaban J connectivity index is 1.03. The van der Waals surface area contributed by atoms with Crippen LogP contribution < -0.4 is 4.90 Å². The maximum Gasteiger partial charge on any atom is 0.164 e. The van der Waals surface area contributed by atoms with Crippen LogP contribution in [-0.2, 0) is 5.41 Å². The summed E-state index contributed by atoms with van der Waals surface area (Å²) < 4.78 is 2.41. The van der Waals surface area contributed by atoms with Gasteiger partial charge >= 0.3 is 0 Å². The lowest BCUT2D eigenvalue weighted by molar-refractivity contribution is 0.660. The first-order valence-corrected chi connectivity index (χ1v) is 22.2. The molecule has 0 bridgehead atoms. The Kier molecular flexibility index (Phi) is 9.09. The van der Waals surface area contributed by atoms with Gasteiger partial charge in [-0.1, -0.05) is 178 Å². The first-order valence-electron chi connectivity index (χ1n) is 22.2. The summed E-state index contributed by atoms with van der Waals surface area (Å²) in [5.74, 6) is 1.91. The molecule has 5 heteroatoms. The van der Waals surface area contributed by atoms with E-state index in [9.17, 15) is 0 Å². The van der Waals surface area contributed by atoms with Gasteiger partial charge in [-0.3, -0.25) is 0 Å². The van der Waals surface area contributed by atoms with Gasteiger partial charge in [0.25, 0.3) is 0 Å². The van der Waals surface area contributed by atoms with Crippen LogP contribution in [0.1, 0.15) is 25.0 Å². The van der Waals surface area contributed by atoms with Crippen molar-refractivity contribution in [3.63, 3.8) is 0 Å². The third kappa shape index (κ3) is 6.51. The van der Waals surface area contributed by atoms with Crippen LogP contribution >= 0.6 is 0 Å². The quantitative estimate of drug-likeness (QED) is 0.153. The molecule has 2 heterocycles. The highest BCUT2D eigenvalue weighted by Gasteiger charge is 2.36. The summed E-state index contributed by atoms with van der Waals surface area (Å²) in [5.41, 5.74) is 16.9. The van der Waals surface area contributed by atoms with E-state index in [4.69, 9.17) is 15.0 Å². The van der Waals surface area contributed by atoms with Crippen molar-refractivity contribution >= 4 is 38.9 Å². The van der Waals surface area contributed by atoms with Crippen molar-refractivity contribution in [3.05, 3.63) is 236 Å². The zero-order valence-corrected chi connectivity index (χ0v) is 36.1. The topological polar surface area (TPSA) is 46.8 Å². The molecule has 5 nitrogen and oxygen atoms in total. The number of para-hydroxylation sites is 2. The van der Waals surface area contributed by atoms with Crippen molar-refractivity contribution in [2.75, 3.05) is 4.90 Å². The third-order valence-corrected chi connectivity index (χ3v) is 13.0. The highest BCUT2D eigenvalue weighted by molar-refractivity contribution is 6.17. The van der Waals surface area contributed by atoms with Crippen LogP contribution in [0.3, 0.4) is 0 Å². The van der Waals surface area contributed by atoms with Crippen LogP contribution in [0.5, 0.6) is 0 Å². The van der Waals surface area contributed by atoms with E-state index in [-0.39, 0.29) is 5.41 Å². The number of rotatable bonds is 8. The van der Waals surface area contributed by atoms with Crippen LogP contribution in [-0.4, -0.2) is 19.5 Å². The van der Waals surface area contributed by atoms with Gasteiger partial charge in [0, 0.05) is 49.9 Å². The standard InChI is InChI=1S/C60H43N5/c1-60(2)51-30-16-15-29-48(51)49-36-34-47(39-52(49)60)64(45-25-11-5-12-26-45)53-31-18-32-54-56(53)50-35-33-43(38-55(50)65(54)46-27-13-6-14-28-46)42-23-17-24-44(37-42)59-62-57(40-19-7-3-8-20-40)61-58(63-59)41-21-9-4-10-22-41/h3-39H,1-2H3. The molecule has 0 fully saturated rings. The minimum Gasteiger partial charge on any atom is -0.310 e. The van der Waals surface area contributed by atoms with Crippen molar-refractivity contribution in [1.29, 1.82) is 0 Å². The van der Waals surface area contributed by atoms with Crippen LogP contribution in [0.2, 0.25) is 0 Å². The molecule has 0 amide bonds. The van der Waals surface area contributed by atoms with E-state index in [1.807, 2.05) is 60.7 Å². The summed E-state index contributed by atoms with van der Waals surface area (Å²) >= 11 is 0. The normalized spacial score (nSPS) is 12.6. The zero-order chi connectivity index (χ0) is 43.5. The number of benzene rings is 9. The van der Waals surface area contributed by atoms with Crippen LogP contribution in [0, 0.1) is 0 Å². The highest BCUT2D eigenvalue weighted by atomic mass is 15.1. The Morgan fingerprint density at radius 1 is 0.385 bits per heavy atom. The van der Waals surface area contributed by atoms with Gasteiger partial charge in [0.1, 0.15) is 0 Å².